The van der Waals surface area contributed by atoms with E-state index < -0.39 is 17.8 Å². The Morgan fingerprint density at radius 2 is 1.71 bits per heavy atom. The number of allylic oxidation sites excluding steroid dienone is 1. The van der Waals surface area contributed by atoms with Crippen LogP contribution in [-0.2, 0) is 9.59 Å². The molecule has 0 bridgehead atoms. The highest BCUT2D eigenvalue weighted by atomic mass is 16.5. The van der Waals surface area contributed by atoms with Crippen LogP contribution in [0.4, 0.5) is 16.2 Å². The van der Waals surface area contributed by atoms with Crippen LogP contribution in [0.1, 0.15) is 38.8 Å². The lowest BCUT2D eigenvalue weighted by Gasteiger charge is -2.42. The molecule has 0 aliphatic carbocycles. The molecular formula is C27H29N3O5. The van der Waals surface area contributed by atoms with Crippen LogP contribution in [0.2, 0.25) is 0 Å². The summed E-state index contributed by atoms with van der Waals surface area (Å²) in [6.07, 6.45) is 3.72. The van der Waals surface area contributed by atoms with Gasteiger partial charge in [-0.1, -0.05) is 12.1 Å². The van der Waals surface area contributed by atoms with Gasteiger partial charge in [-0.2, -0.15) is 0 Å². The zero-order chi connectivity index (χ0) is 25.5. The summed E-state index contributed by atoms with van der Waals surface area (Å²) in [6, 6.07) is 9.71. The largest absolute Gasteiger partial charge is 0.497 e. The number of carbonyl (C=O) groups excluding carboxylic acids is 3. The van der Waals surface area contributed by atoms with Crippen molar-refractivity contribution in [3.63, 3.8) is 0 Å². The molecule has 2 aliphatic rings. The zero-order valence-corrected chi connectivity index (χ0v) is 20.8. The predicted molar refractivity (Wildman–Crippen MR) is 136 cm³/mol. The second kappa shape index (κ2) is 8.94. The van der Waals surface area contributed by atoms with Gasteiger partial charge in [-0.15, -0.1) is 0 Å². The van der Waals surface area contributed by atoms with Crippen molar-refractivity contribution in [1.29, 1.82) is 0 Å². The number of rotatable bonds is 5. The fraction of sp³-hybridized carbons (Fsp3) is 0.296. The summed E-state index contributed by atoms with van der Waals surface area (Å²) in [6.45, 7) is 9.34. The fourth-order valence-corrected chi connectivity index (χ4v) is 4.78. The van der Waals surface area contributed by atoms with Crippen LogP contribution in [0.25, 0.3) is 11.6 Å². The van der Waals surface area contributed by atoms with Crippen LogP contribution >= 0.6 is 0 Å². The van der Waals surface area contributed by atoms with Gasteiger partial charge in [0.05, 0.1) is 25.4 Å². The van der Waals surface area contributed by atoms with Gasteiger partial charge in [-0.3, -0.25) is 14.9 Å². The minimum absolute atomic E-state index is 0.122. The molecule has 0 radical (unpaired) electrons. The standard InChI is InChI=1S/C27H29N3O5/c1-7-29-21-10-8-17(12-19(21)16(2)15-27(29,3)4)13-20-24(31)28-26(33)30(25(20)32)22-11-9-18(34-5)14-23(22)35-6/h8-15H,7H2,1-6H3,(H,28,31,33)/b20-13-. The number of nitrogens with zero attached hydrogens (tertiary/aromatic N) is 2. The maximum atomic E-state index is 13.4. The third-order valence-corrected chi connectivity index (χ3v) is 6.36. The van der Waals surface area contributed by atoms with Crippen molar-refractivity contribution >= 4 is 40.9 Å². The number of benzene rings is 2. The van der Waals surface area contributed by atoms with Gasteiger partial charge in [0.15, 0.2) is 0 Å². The molecule has 35 heavy (non-hydrogen) atoms. The maximum absolute atomic E-state index is 13.4. The molecule has 2 heterocycles. The Kier molecular flexibility index (Phi) is 6.15. The number of urea groups is 1. The number of methoxy groups -OCH3 is 2. The van der Waals surface area contributed by atoms with Gasteiger partial charge >= 0.3 is 6.03 Å². The summed E-state index contributed by atoms with van der Waals surface area (Å²) < 4.78 is 10.6. The molecular weight excluding hydrogens is 446 g/mol. The van der Waals surface area contributed by atoms with Crippen molar-refractivity contribution in [2.75, 3.05) is 30.6 Å². The van der Waals surface area contributed by atoms with Crippen molar-refractivity contribution in [2.45, 2.75) is 33.2 Å². The summed E-state index contributed by atoms with van der Waals surface area (Å²) in [5, 5.41) is 2.26. The molecule has 0 unspecified atom stereocenters. The van der Waals surface area contributed by atoms with Gasteiger partial charge < -0.3 is 14.4 Å². The molecule has 0 spiro atoms. The zero-order valence-electron chi connectivity index (χ0n) is 20.8. The Balaban J connectivity index is 1.75. The van der Waals surface area contributed by atoms with E-state index in [4.69, 9.17) is 9.47 Å². The van der Waals surface area contributed by atoms with Crippen LogP contribution in [0, 0.1) is 0 Å². The average Bonchev–Trinajstić information content (AvgIpc) is 2.81. The molecule has 8 nitrogen and oxygen atoms in total. The van der Waals surface area contributed by atoms with Crippen molar-refractivity contribution in [1.82, 2.24) is 5.32 Å². The minimum atomic E-state index is -0.842. The first-order valence-corrected chi connectivity index (χ1v) is 11.4. The highest BCUT2D eigenvalue weighted by Gasteiger charge is 2.38. The van der Waals surface area contributed by atoms with Gasteiger partial charge in [0.1, 0.15) is 17.1 Å². The average molecular weight is 476 g/mol. The summed E-state index contributed by atoms with van der Waals surface area (Å²) in [5.41, 5.74) is 3.87. The van der Waals surface area contributed by atoms with E-state index in [1.807, 2.05) is 18.2 Å². The smallest absolute Gasteiger partial charge is 0.336 e. The first-order chi connectivity index (χ1) is 16.6. The van der Waals surface area contributed by atoms with Crippen molar-refractivity contribution in [2.24, 2.45) is 0 Å². The summed E-state index contributed by atoms with van der Waals surface area (Å²) in [7, 11) is 2.93. The lowest BCUT2D eigenvalue weighted by molar-refractivity contribution is -0.122. The molecule has 1 fully saturated rings. The van der Waals surface area contributed by atoms with Crippen molar-refractivity contribution in [3.8, 4) is 11.5 Å². The number of amides is 4. The van der Waals surface area contributed by atoms with Gasteiger partial charge in [-0.05, 0) is 69.2 Å². The highest BCUT2D eigenvalue weighted by Crippen LogP contribution is 2.39. The van der Waals surface area contributed by atoms with E-state index in [0.29, 0.717) is 11.3 Å². The highest BCUT2D eigenvalue weighted by molar-refractivity contribution is 6.39. The second-order valence-electron chi connectivity index (χ2n) is 9.00. The van der Waals surface area contributed by atoms with Crippen molar-refractivity contribution in [3.05, 3.63) is 59.2 Å². The monoisotopic (exact) mass is 475 g/mol. The molecule has 2 aromatic carbocycles. The van der Waals surface area contributed by atoms with Crippen LogP contribution < -0.4 is 24.6 Å². The third-order valence-electron chi connectivity index (χ3n) is 6.36. The van der Waals surface area contributed by atoms with E-state index in [1.54, 1.807) is 12.1 Å². The van der Waals surface area contributed by atoms with E-state index in [0.717, 1.165) is 28.3 Å². The predicted octanol–water partition coefficient (Wildman–Crippen LogP) is 4.39. The number of carbonyl (C=O) groups is 3. The number of ether oxygens (including phenoxy) is 2. The molecule has 4 rings (SSSR count). The minimum Gasteiger partial charge on any atom is -0.497 e. The SMILES string of the molecule is CCN1c2ccc(/C=C3/C(=O)NC(=O)N(c4ccc(OC)cc4OC)C3=O)cc2C(C)=CC1(C)C. The number of imide groups is 2. The van der Waals surface area contributed by atoms with Gasteiger partial charge in [0.25, 0.3) is 11.8 Å². The number of hydrogen-bond acceptors (Lipinski definition) is 6. The van der Waals surface area contributed by atoms with E-state index >= 15 is 0 Å². The molecule has 8 heteroatoms. The summed E-state index contributed by atoms with van der Waals surface area (Å²) in [4.78, 5) is 41.9. The van der Waals surface area contributed by atoms with Crippen LogP contribution in [-0.4, -0.2) is 44.1 Å². The van der Waals surface area contributed by atoms with E-state index in [2.05, 4.69) is 44.0 Å². The Morgan fingerprint density at radius 3 is 2.37 bits per heavy atom. The summed E-state index contributed by atoms with van der Waals surface area (Å²) >= 11 is 0. The molecule has 2 aliphatic heterocycles. The molecule has 0 saturated carbocycles. The van der Waals surface area contributed by atoms with Crippen LogP contribution in [0.3, 0.4) is 0 Å². The van der Waals surface area contributed by atoms with Crippen LogP contribution in [0.5, 0.6) is 11.5 Å². The Morgan fingerprint density at radius 1 is 1.00 bits per heavy atom. The number of anilines is 2. The molecule has 182 valence electrons. The first-order valence-electron chi connectivity index (χ1n) is 11.4. The molecule has 2 aromatic rings. The Bertz CT molecular complexity index is 1290. The summed E-state index contributed by atoms with van der Waals surface area (Å²) in [5.74, 6) is -0.712. The number of barbiturate groups is 1. The number of likely N-dealkylation sites (N-methyl/N-ethyl adjacent to an activating group) is 1. The lowest BCUT2D eigenvalue weighted by atomic mass is 9.88. The van der Waals surface area contributed by atoms with Gasteiger partial charge in [0.2, 0.25) is 0 Å². The molecule has 4 amide bonds. The lowest BCUT2D eigenvalue weighted by Crippen LogP contribution is -2.54. The topological polar surface area (TPSA) is 88.2 Å². The second-order valence-corrected chi connectivity index (χ2v) is 9.00. The van der Waals surface area contributed by atoms with Gasteiger partial charge in [0, 0.05) is 23.9 Å². The first kappa shape index (κ1) is 24.1. The van der Waals surface area contributed by atoms with E-state index in [9.17, 15) is 14.4 Å². The normalized spacial score (nSPS) is 18.3. The molecule has 0 atom stereocenters. The number of hydrogen-bond donors (Lipinski definition) is 1. The van der Waals surface area contributed by atoms with Gasteiger partial charge in [-0.25, -0.2) is 9.69 Å². The fourth-order valence-electron chi connectivity index (χ4n) is 4.78. The van der Waals surface area contributed by atoms with E-state index in [1.165, 1.54) is 26.4 Å². The Labute approximate surface area is 204 Å². The molecule has 1 N–H and O–H groups in total. The van der Waals surface area contributed by atoms with E-state index in [-0.39, 0.29) is 22.5 Å². The third kappa shape index (κ3) is 4.16. The quantitative estimate of drug-likeness (QED) is 0.510. The van der Waals surface area contributed by atoms with Crippen LogP contribution in [0.15, 0.2) is 48.0 Å². The molecule has 0 aromatic heterocycles. The maximum Gasteiger partial charge on any atom is 0.336 e. The Hall–Kier alpha value is -4.07. The number of nitrogens with one attached hydrogen (secondary N) is 1. The molecule has 1 saturated heterocycles. The van der Waals surface area contributed by atoms with Crippen molar-refractivity contribution < 1.29 is 23.9 Å². The number of fused-ring (bicyclic) bond motifs is 1.